The smallest absolute Gasteiger partial charge is 0.151 e. The van der Waals surface area contributed by atoms with E-state index < -0.39 is 0 Å². The van der Waals surface area contributed by atoms with Gasteiger partial charge in [-0.3, -0.25) is 5.10 Å². The van der Waals surface area contributed by atoms with Crippen LogP contribution < -0.4 is 10.2 Å². The van der Waals surface area contributed by atoms with Gasteiger partial charge in [0.1, 0.15) is 5.82 Å². The van der Waals surface area contributed by atoms with Crippen LogP contribution in [0.15, 0.2) is 30.3 Å². The van der Waals surface area contributed by atoms with Crippen LogP contribution in [0.2, 0.25) is 0 Å². The standard InChI is InChI=1S/C13H15FN4/c14-11-3-1-2-10(8-11)12-9-13(17-16-12)18-6-4-15-5-7-18/h1-3,8-9,15H,4-7H2,(H,16,17). The van der Waals surface area contributed by atoms with Crippen LogP contribution in [-0.2, 0) is 0 Å². The summed E-state index contributed by atoms with van der Waals surface area (Å²) < 4.78 is 13.2. The van der Waals surface area contributed by atoms with E-state index in [4.69, 9.17) is 0 Å². The van der Waals surface area contributed by atoms with E-state index in [1.165, 1.54) is 12.1 Å². The van der Waals surface area contributed by atoms with Gasteiger partial charge in [-0.1, -0.05) is 12.1 Å². The third-order valence-electron chi connectivity index (χ3n) is 3.14. The zero-order chi connectivity index (χ0) is 12.4. The van der Waals surface area contributed by atoms with Crippen molar-refractivity contribution in [3.8, 4) is 11.3 Å². The molecular weight excluding hydrogens is 231 g/mol. The number of rotatable bonds is 2. The number of aromatic nitrogens is 2. The second kappa shape index (κ2) is 4.78. The third kappa shape index (κ3) is 2.22. The Morgan fingerprint density at radius 3 is 2.78 bits per heavy atom. The zero-order valence-electron chi connectivity index (χ0n) is 9.99. The first-order valence-corrected chi connectivity index (χ1v) is 6.10. The van der Waals surface area contributed by atoms with Gasteiger partial charge in [0, 0.05) is 37.8 Å². The number of piperazine rings is 1. The fourth-order valence-corrected chi connectivity index (χ4v) is 2.17. The van der Waals surface area contributed by atoms with Crippen molar-refractivity contribution in [2.45, 2.75) is 0 Å². The lowest BCUT2D eigenvalue weighted by Gasteiger charge is -2.26. The number of halogens is 1. The molecular formula is C13H15FN4. The van der Waals surface area contributed by atoms with Gasteiger partial charge in [-0.15, -0.1) is 0 Å². The first kappa shape index (κ1) is 11.2. The SMILES string of the molecule is Fc1cccc(-c2cc(N3CCNCC3)n[nH]2)c1. The van der Waals surface area contributed by atoms with Crippen LogP contribution in [0.3, 0.4) is 0 Å². The summed E-state index contributed by atoms with van der Waals surface area (Å²) in [6.07, 6.45) is 0. The van der Waals surface area contributed by atoms with Crippen molar-refractivity contribution in [2.24, 2.45) is 0 Å². The lowest BCUT2D eigenvalue weighted by Crippen LogP contribution is -2.43. The summed E-state index contributed by atoms with van der Waals surface area (Å²) >= 11 is 0. The minimum atomic E-state index is -0.231. The summed E-state index contributed by atoms with van der Waals surface area (Å²) in [4.78, 5) is 2.22. The van der Waals surface area contributed by atoms with Gasteiger partial charge in [-0.25, -0.2) is 4.39 Å². The Hall–Kier alpha value is -1.88. The van der Waals surface area contributed by atoms with Crippen LogP contribution in [0.1, 0.15) is 0 Å². The summed E-state index contributed by atoms with van der Waals surface area (Å²) in [7, 11) is 0. The average Bonchev–Trinajstić information content (AvgIpc) is 2.89. The molecule has 1 fully saturated rings. The molecule has 2 aromatic rings. The van der Waals surface area contributed by atoms with E-state index in [2.05, 4.69) is 20.4 Å². The maximum Gasteiger partial charge on any atom is 0.151 e. The van der Waals surface area contributed by atoms with Crippen molar-refractivity contribution in [1.82, 2.24) is 15.5 Å². The van der Waals surface area contributed by atoms with Crippen LogP contribution in [0.25, 0.3) is 11.3 Å². The number of hydrogen-bond donors (Lipinski definition) is 2. The molecule has 0 atom stereocenters. The Morgan fingerprint density at radius 2 is 2.00 bits per heavy atom. The molecule has 3 rings (SSSR count). The van der Waals surface area contributed by atoms with Crippen molar-refractivity contribution >= 4 is 5.82 Å². The van der Waals surface area contributed by atoms with Crippen LogP contribution in [0.4, 0.5) is 10.2 Å². The first-order chi connectivity index (χ1) is 8.83. The van der Waals surface area contributed by atoms with Gasteiger partial charge in [0.25, 0.3) is 0 Å². The summed E-state index contributed by atoms with van der Waals surface area (Å²) in [5.41, 5.74) is 1.67. The van der Waals surface area contributed by atoms with Crippen molar-refractivity contribution in [2.75, 3.05) is 31.1 Å². The Bertz CT molecular complexity index is 531. The van der Waals surface area contributed by atoms with Gasteiger partial charge < -0.3 is 10.2 Å². The molecule has 0 radical (unpaired) electrons. The van der Waals surface area contributed by atoms with Crippen LogP contribution in [-0.4, -0.2) is 36.4 Å². The third-order valence-corrected chi connectivity index (χ3v) is 3.14. The maximum atomic E-state index is 13.2. The van der Waals surface area contributed by atoms with E-state index in [0.29, 0.717) is 0 Å². The van der Waals surface area contributed by atoms with E-state index in [9.17, 15) is 4.39 Å². The number of H-pyrrole nitrogens is 1. The van der Waals surface area contributed by atoms with Crippen LogP contribution in [0, 0.1) is 5.82 Å². The minimum Gasteiger partial charge on any atom is -0.353 e. The maximum absolute atomic E-state index is 13.2. The summed E-state index contributed by atoms with van der Waals surface area (Å²) in [6.45, 7) is 3.85. The predicted octanol–water partition coefficient (Wildman–Crippen LogP) is 1.63. The van der Waals surface area contributed by atoms with E-state index in [1.807, 2.05) is 12.1 Å². The molecule has 0 aliphatic carbocycles. The second-order valence-electron chi connectivity index (χ2n) is 4.39. The number of benzene rings is 1. The van der Waals surface area contributed by atoms with E-state index in [-0.39, 0.29) is 5.82 Å². The highest BCUT2D eigenvalue weighted by molar-refractivity contribution is 5.63. The van der Waals surface area contributed by atoms with Gasteiger partial charge in [0.15, 0.2) is 5.82 Å². The fourth-order valence-electron chi connectivity index (χ4n) is 2.17. The lowest BCUT2D eigenvalue weighted by atomic mass is 10.1. The minimum absolute atomic E-state index is 0.231. The molecule has 0 bridgehead atoms. The van der Waals surface area contributed by atoms with Gasteiger partial charge in [0.2, 0.25) is 0 Å². The monoisotopic (exact) mass is 246 g/mol. The zero-order valence-corrected chi connectivity index (χ0v) is 9.99. The number of nitrogens with zero attached hydrogens (tertiary/aromatic N) is 2. The number of hydrogen-bond acceptors (Lipinski definition) is 3. The quantitative estimate of drug-likeness (QED) is 0.846. The molecule has 1 aliphatic rings. The van der Waals surface area contributed by atoms with Crippen LogP contribution in [0.5, 0.6) is 0 Å². The van der Waals surface area contributed by atoms with Gasteiger partial charge in [0.05, 0.1) is 5.69 Å². The Morgan fingerprint density at radius 1 is 1.17 bits per heavy atom. The Balaban J connectivity index is 1.84. The van der Waals surface area contributed by atoms with Crippen molar-refractivity contribution in [3.05, 3.63) is 36.1 Å². The largest absolute Gasteiger partial charge is 0.353 e. The molecule has 1 aliphatic heterocycles. The van der Waals surface area contributed by atoms with E-state index in [1.54, 1.807) is 6.07 Å². The molecule has 0 unspecified atom stereocenters. The Labute approximate surface area is 105 Å². The fraction of sp³-hybridized carbons (Fsp3) is 0.308. The summed E-state index contributed by atoms with van der Waals surface area (Å²) in [6, 6.07) is 8.50. The molecule has 0 saturated carbocycles. The van der Waals surface area contributed by atoms with Crippen molar-refractivity contribution < 1.29 is 4.39 Å². The molecule has 94 valence electrons. The molecule has 0 spiro atoms. The van der Waals surface area contributed by atoms with Gasteiger partial charge in [-0.05, 0) is 12.1 Å². The highest BCUT2D eigenvalue weighted by Gasteiger charge is 2.13. The molecule has 0 amide bonds. The molecule has 2 N–H and O–H groups in total. The van der Waals surface area contributed by atoms with Crippen molar-refractivity contribution in [1.29, 1.82) is 0 Å². The van der Waals surface area contributed by atoms with Crippen molar-refractivity contribution in [3.63, 3.8) is 0 Å². The molecule has 1 aromatic heterocycles. The summed E-state index contributed by atoms with van der Waals surface area (Å²) in [5.74, 6) is 0.696. The lowest BCUT2D eigenvalue weighted by molar-refractivity contribution is 0.584. The average molecular weight is 246 g/mol. The summed E-state index contributed by atoms with van der Waals surface area (Å²) in [5, 5.41) is 10.6. The highest BCUT2D eigenvalue weighted by atomic mass is 19.1. The highest BCUT2D eigenvalue weighted by Crippen LogP contribution is 2.22. The molecule has 5 heteroatoms. The second-order valence-corrected chi connectivity index (χ2v) is 4.39. The van der Waals surface area contributed by atoms with Gasteiger partial charge >= 0.3 is 0 Å². The molecule has 2 heterocycles. The molecule has 4 nitrogen and oxygen atoms in total. The Kier molecular flexibility index (Phi) is 2.98. The molecule has 1 saturated heterocycles. The number of aromatic amines is 1. The molecule has 1 aromatic carbocycles. The topological polar surface area (TPSA) is 44.0 Å². The number of anilines is 1. The van der Waals surface area contributed by atoms with Crippen LogP contribution >= 0.6 is 0 Å². The molecule has 18 heavy (non-hydrogen) atoms. The van der Waals surface area contributed by atoms with Gasteiger partial charge in [-0.2, -0.15) is 5.10 Å². The normalized spacial score (nSPS) is 15.9. The van der Waals surface area contributed by atoms with E-state index in [0.717, 1.165) is 43.3 Å². The predicted molar refractivity (Wildman–Crippen MR) is 69.1 cm³/mol. The first-order valence-electron chi connectivity index (χ1n) is 6.10. The number of nitrogens with one attached hydrogen (secondary N) is 2. The van der Waals surface area contributed by atoms with E-state index >= 15 is 0 Å².